The lowest BCUT2D eigenvalue weighted by molar-refractivity contribution is -0.122. The van der Waals surface area contributed by atoms with Crippen LogP contribution in [-0.2, 0) is 11.3 Å². The van der Waals surface area contributed by atoms with E-state index in [1.165, 1.54) is 12.8 Å². The molecule has 1 aliphatic rings. The molecule has 1 aromatic carbocycles. The number of nitrogens with zero attached hydrogens (tertiary/aromatic N) is 1. The summed E-state index contributed by atoms with van der Waals surface area (Å²) in [6, 6.07) is 8.16. The van der Waals surface area contributed by atoms with Crippen molar-refractivity contribution >= 4 is 41.5 Å². The number of nitrogens with one attached hydrogen (secondary N) is 2. The van der Waals surface area contributed by atoms with Gasteiger partial charge in [-0.15, -0.1) is 24.0 Å². The molecule has 1 atom stereocenters. The van der Waals surface area contributed by atoms with Crippen molar-refractivity contribution in [2.45, 2.75) is 71.9 Å². The van der Waals surface area contributed by atoms with E-state index in [0.717, 1.165) is 42.9 Å². The Bertz CT molecular complexity index is 614. The van der Waals surface area contributed by atoms with Crippen molar-refractivity contribution in [3.8, 4) is 0 Å². The molecule has 0 aromatic heterocycles. The molecule has 0 bridgehead atoms. The third-order valence-electron chi connectivity index (χ3n) is 4.92. The Kier molecular flexibility index (Phi) is 10.7. The molecular weight excluding hydrogens is 451 g/mol. The number of hydrogen-bond acceptors (Lipinski definition) is 2. The lowest BCUT2D eigenvalue weighted by atomic mass is 9.85. The molecule has 0 heterocycles. The van der Waals surface area contributed by atoms with Crippen LogP contribution in [0.2, 0.25) is 0 Å². The van der Waals surface area contributed by atoms with Crippen molar-refractivity contribution < 1.29 is 4.79 Å². The van der Waals surface area contributed by atoms with Crippen LogP contribution in [0.25, 0.3) is 0 Å². The Morgan fingerprint density at radius 2 is 2.00 bits per heavy atom. The van der Waals surface area contributed by atoms with Gasteiger partial charge < -0.3 is 16.4 Å². The number of guanidine groups is 1. The highest BCUT2D eigenvalue weighted by molar-refractivity contribution is 14.0. The molecule has 4 N–H and O–H groups in total. The summed E-state index contributed by atoms with van der Waals surface area (Å²) in [4.78, 5) is 16.5. The van der Waals surface area contributed by atoms with Gasteiger partial charge >= 0.3 is 0 Å². The zero-order valence-corrected chi connectivity index (χ0v) is 19.2. The molecule has 152 valence electrons. The lowest BCUT2D eigenvalue weighted by Crippen LogP contribution is -2.38. The molecule has 1 unspecified atom stereocenters. The van der Waals surface area contributed by atoms with Gasteiger partial charge in [0.25, 0.3) is 0 Å². The summed E-state index contributed by atoms with van der Waals surface area (Å²) >= 11 is 0. The average Bonchev–Trinajstić information content (AvgIpc) is 2.51. The fourth-order valence-corrected chi connectivity index (χ4v) is 3.04. The minimum Gasteiger partial charge on any atom is -0.370 e. The van der Waals surface area contributed by atoms with Crippen LogP contribution in [0, 0.1) is 11.8 Å². The van der Waals surface area contributed by atoms with Crippen molar-refractivity contribution in [1.29, 1.82) is 0 Å². The maximum atomic E-state index is 12.1. The highest BCUT2D eigenvalue weighted by Crippen LogP contribution is 2.27. The minimum atomic E-state index is 0. The molecule has 0 spiro atoms. The van der Waals surface area contributed by atoms with Crippen LogP contribution in [0.4, 0.5) is 5.69 Å². The number of amides is 1. The van der Waals surface area contributed by atoms with E-state index in [1.54, 1.807) is 0 Å². The van der Waals surface area contributed by atoms with E-state index in [1.807, 2.05) is 24.3 Å². The topological polar surface area (TPSA) is 79.5 Å². The number of aliphatic imine (C=N–C) groups is 1. The SMILES string of the molecule is CC(C)CCCC(C)NC(N)=NCc1cccc(NC(=O)C2CCC2)c1.I. The second-order valence-corrected chi connectivity index (χ2v) is 7.89. The summed E-state index contributed by atoms with van der Waals surface area (Å²) in [6.45, 7) is 7.14. The second-order valence-electron chi connectivity index (χ2n) is 7.89. The van der Waals surface area contributed by atoms with Crippen LogP contribution in [-0.4, -0.2) is 17.9 Å². The van der Waals surface area contributed by atoms with E-state index in [0.29, 0.717) is 18.5 Å². The Balaban J connectivity index is 0.00000364. The Morgan fingerprint density at radius 1 is 1.26 bits per heavy atom. The van der Waals surface area contributed by atoms with E-state index in [9.17, 15) is 4.79 Å². The summed E-state index contributed by atoms with van der Waals surface area (Å²) in [5.41, 5.74) is 7.88. The Labute approximate surface area is 181 Å². The fourth-order valence-electron chi connectivity index (χ4n) is 3.04. The number of carbonyl (C=O) groups is 1. The van der Waals surface area contributed by atoms with E-state index in [2.05, 4.69) is 36.4 Å². The van der Waals surface area contributed by atoms with Gasteiger partial charge in [-0.2, -0.15) is 0 Å². The molecule has 5 nitrogen and oxygen atoms in total. The predicted octanol–water partition coefficient (Wildman–Crippen LogP) is 4.66. The second kappa shape index (κ2) is 12.2. The largest absolute Gasteiger partial charge is 0.370 e. The minimum absolute atomic E-state index is 0. The molecule has 1 amide bonds. The standard InChI is InChI=1S/C21H34N4O.HI/c1-15(2)7-4-8-16(3)24-21(22)23-14-17-9-5-12-19(13-17)25-20(26)18-10-6-11-18;/h5,9,12-13,15-16,18H,4,6-8,10-11,14H2,1-3H3,(H,25,26)(H3,22,23,24);1H. The van der Waals surface area contributed by atoms with Gasteiger partial charge in [-0.25, -0.2) is 4.99 Å². The first-order valence-corrected chi connectivity index (χ1v) is 9.90. The number of hydrogen-bond donors (Lipinski definition) is 3. The number of rotatable bonds is 9. The van der Waals surface area contributed by atoms with E-state index in [4.69, 9.17) is 5.73 Å². The molecule has 1 fully saturated rings. The highest BCUT2D eigenvalue weighted by atomic mass is 127. The van der Waals surface area contributed by atoms with Crippen LogP contribution < -0.4 is 16.4 Å². The van der Waals surface area contributed by atoms with Gasteiger partial charge in [0.15, 0.2) is 5.96 Å². The molecule has 0 saturated heterocycles. The normalized spacial score (nSPS) is 15.6. The van der Waals surface area contributed by atoms with Gasteiger partial charge in [0, 0.05) is 17.6 Å². The molecule has 1 aromatic rings. The molecule has 27 heavy (non-hydrogen) atoms. The maximum Gasteiger partial charge on any atom is 0.227 e. The van der Waals surface area contributed by atoms with Crippen molar-refractivity contribution in [1.82, 2.24) is 5.32 Å². The van der Waals surface area contributed by atoms with E-state index < -0.39 is 0 Å². The van der Waals surface area contributed by atoms with Gasteiger partial charge in [0.2, 0.25) is 5.91 Å². The van der Waals surface area contributed by atoms with Crippen molar-refractivity contribution in [3.05, 3.63) is 29.8 Å². The summed E-state index contributed by atoms with van der Waals surface area (Å²) in [5.74, 6) is 1.54. The van der Waals surface area contributed by atoms with Crippen LogP contribution in [0.15, 0.2) is 29.3 Å². The summed E-state index contributed by atoms with van der Waals surface area (Å²) in [7, 11) is 0. The summed E-state index contributed by atoms with van der Waals surface area (Å²) in [6.07, 6.45) is 6.71. The highest BCUT2D eigenvalue weighted by Gasteiger charge is 2.25. The Hall–Kier alpha value is -1.31. The molecule has 1 saturated carbocycles. The van der Waals surface area contributed by atoms with E-state index in [-0.39, 0.29) is 35.8 Å². The molecule has 6 heteroatoms. The van der Waals surface area contributed by atoms with Gasteiger partial charge in [0.05, 0.1) is 6.54 Å². The summed E-state index contributed by atoms with van der Waals surface area (Å²) < 4.78 is 0. The smallest absolute Gasteiger partial charge is 0.227 e. The predicted molar refractivity (Wildman–Crippen MR) is 124 cm³/mol. The van der Waals surface area contributed by atoms with Crippen LogP contribution in [0.1, 0.15) is 64.9 Å². The quantitative estimate of drug-likeness (QED) is 0.270. The Morgan fingerprint density at radius 3 is 2.63 bits per heavy atom. The molecular formula is C21H35IN4O. The summed E-state index contributed by atoms with van der Waals surface area (Å²) in [5, 5.41) is 6.26. The van der Waals surface area contributed by atoms with Crippen LogP contribution in [0.5, 0.6) is 0 Å². The van der Waals surface area contributed by atoms with Gasteiger partial charge in [-0.1, -0.05) is 45.2 Å². The first-order chi connectivity index (χ1) is 12.4. The van der Waals surface area contributed by atoms with Crippen LogP contribution >= 0.6 is 24.0 Å². The number of benzene rings is 1. The van der Waals surface area contributed by atoms with Crippen molar-refractivity contribution in [3.63, 3.8) is 0 Å². The average molecular weight is 486 g/mol. The monoisotopic (exact) mass is 486 g/mol. The number of carbonyl (C=O) groups excluding carboxylic acids is 1. The zero-order valence-electron chi connectivity index (χ0n) is 16.8. The number of halogens is 1. The zero-order chi connectivity index (χ0) is 18.9. The van der Waals surface area contributed by atoms with Gasteiger partial charge in [-0.3, -0.25) is 4.79 Å². The van der Waals surface area contributed by atoms with Gasteiger partial charge in [0.1, 0.15) is 0 Å². The van der Waals surface area contributed by atoms with Crippen molar-refractivity contribution in [2.75, 3.05) is 5.32 Å². The maximum absolute atomic E-state index is 12.1. The van der Waals surface area contributed by atoms with Crippen molar-refractivity contribution in [2.24, 2.45) is 22.6 Å². The molecule has 2 rings (SSSR count). The molecule has 1 aliphatic carbocycles. The fraction of sp³-hybridized carbons (Fsp3) is 0.619. The number of nitrogens with two attached hydrogens (primary N) is 1. The number of anilines is 1. The molecule has 0 aliphatic heterocycles. The lowest BCUT2D eigenvalue weighted by Gasteiger charge is -2.24. The van der Waals surface area contributed by atoms with Gasteiger partial charge in [-0.05, 0) is 49.8 Å². The first-order valence-electron chi connectivity index (χ1n) is 9.90. The molecule has 0 radical (unpaired) electrons. The van der Waals surface area contributed by atoms with Crippen LogP contribution in [0.3, 0.4) is 0 Å². The van der Waals surface area contributed by atoms with E-state index >= 15 is 0 Å². The third-order valence-corrected chi connectivity index (χ3v) is 4.92. The first kappa shape index (κ1) is 23.7. The third kappa shape index (κ3) is 8.95.